The fraction of sp³-hybridized carbons (Fsp3) is 0.308. The first-order valence-electron chi connectivity index (χ1n) is 6.05. The van der Waals surface area contributed by atoms with E-state index in [4.69, 9.17) is 5.11 Å². The molecule has 1 aliphatic rings. The SMILES string of the molecule is O=C(O)COc1cc(F)c(C2CCC(=O)NC2=O)c(F)c1. The number of carboxylic acids is 1. The maximum Gasteiger partial charge on any atom is 0.341 e. The summed E-state index contributed by atoms with van der Waals surface area (Å²) in [6.07, 6.45) is 0.000386. The molecule has 8 heteroatoms. The molecule has 2 amide bonds. The molecule has 1 atom stereocenters. The lowest BCUT2D eigenvalue weighted by molar-refractivity contribution is -0.139. The van der Waals surface area contributed by atoms with E-state index in [1.807, 2.05) is 5.32 Å². The van der Waals surface area contributed by atoms with E-state index in [1.54, 1.807) is 0 Å². The number of ether oxygens (including phenoxy) is 1. The number of hydrogen-bond donors (Lipinski definition) is 2. The number of nitrogens with one attached hydrogen (secondary N) is 1. The fourth-order valence-electron chi connectivity index (χ4n) is 2.09. The molecule has 1 fully saturated rings. The summed E-state index contributed by atoms with van der Waals surface area (Å²) in [5.41, 5.74) is -0.456. The third-order valence-electron chi connectivity index (χ3n) is 3.00. The average Bonchev–Trinajstić information content (AvgIpc) is 2.38. The zero-order chi connectivity index (χ0) is 15.6. The minimum absolute atomic E-state index is 0.00739. The van der Waals surface area contributed by atoms with Crippen molar-refractivity contribution in [1.29, 1.82) is 0 Å². The molecule has 1 heterocycles. The van der Waals surface area contributed by atoms with E-state index >= 15 is 0 Å². The van der Waals surface area contributed by atoms with Crippen LogP contribution in [-0.4, -0.2) is 29.5 Å². The number of imide groups is 1. The molecule has 0 aliphatic carbocycles. The van der Waals surface area contributed by atoms with E-state index in [1.165, 1.54) is 0 Å². The lowest BCUT2D eigenvalue weighted by Gasteiger charge is -2.22. The molecule has 112 valence electrons. The first-order chi connectivity index (χ1) is 9.88. The van der Waals surface area contributed by atoms with Gasteiger partial charge in [0.1, 0.15) is 17.4 Å². The van der Waals surface area contributed by atoms with Crippen molar-refractivity contribution in [1.82, 2.24) is 5.32 Å². The van der Waals surface area contributed by atoms with Crippen LogP contribution in [0.4, 0.5) is 8.78 Å². The molecule has 1 unspecified atom stereocenters. The van der Waals surface area contributed by atoms with Crippen LogP contribution in [0.1, 0.15) is 24.3 Å². The van der Waals surface area contributed by atoms with Gasteiger partial charge in [-0.1, -0.05) is 0 Å². The van der Waals surface area contributed by atoms with Gasteiger partial charge < -0.3 is 9.84 Å². The van der Waals surface area contributed by atoms with Crippen LogP contribution in [0, 0.1) is 11.6 Å². The second-order valence-corrected chi connectivity index (χ2v) is 4.49. The second kappa shape index (κ2) is 5.86. The summed E-state index contributed by atoms with van der Waals surface area (Å²) in [6, 6.07) is 1.62. The first-order valence-corrected chi connectivity index (χ1v) is 6.05. The average molecular weight is 299 g/mol. The summed E-state index contributed by atoms with van der Waals surface area (Å²) in [5.74, 6) is -5.97. The van der Waals surface area contributed by atoms with Gasteiger partial charge in [-0.3, -0.25) is 14.9 Å². The van der Waals surface area contributed by atoms with E-state index in [0.717, 1.165) is 12.1 Å². The van der Waals surface area contributed by atoms with Crippen molar-refractivity contribution in [2.75, 3.05) is 6.61 Å². The quantitative estimate of drug-likeness (QED) is 0.807. The number of carbonyl (C=O) groups excluding carboxylic acids is 2. The zero-order valence-electron chi connectivity index (χ0n) is 10.7. The molecule has 2 rings (SSSR count). The summed E-state index contributed by atoms with van der Waals surface area (Å²) in [5, 5.41) is 10.5. The van der Waals surface area contributed by atoms with E-state index in [2.05, 4.69) is 4.74 Å². The topological polar surface area (TPSA) is 92.7 Å². The third kappa shape index (κ3) is 3.33. The Labute approximate surface area is 117 Å². The fourth-order valence-corrected chi connectivity index (χ4v) is 2.09. The third-order valence-corrected chi connectivity index (χ3v) is 3.00. The molecule has 0 aromatic heterocycles. The molecule has 1 aromatic rings. The van der Waals surface area contributed by atoms with Crippen molar-refractivity contribution < 1.29 is 33.0 Å². The van der Waals surface area contributed by atoms with Gasteiger partial charge in [0.2, 0.25) is 11.8 Å². The Hall–Kier alpha value is -2.51. The minimum Gasteiger partial charge on any atom is -0.482 e. The Balaban J connectivity index is 2.26. The molecule has 6 nitrogen and oxygen atoms in total. The number of hydrogen-bond acceptors (Lipinski definition) is 4. The molecule has 1 aliphatic heterocycles. The van der Waals surface area contributed by atoms with Gasteiger partial charge in [0, 0.05) is 24.1 Å². The van der Waals surface area contributed by atoms with Gasteiger partial charge >= 0.3 is 5.97 Å². The second-order valence-electron chi connectivity index (χ2n) is 4.49. The van der Waals surface area contributed by atoms with Crippen LogP contribution in [0.3, 0.4) is 0 Å². The van der Waals surface area contributed by atoms with E-state index in [9.17, 15) is 23.2 Å². The van der Waals surface area contributed by atoms with Gasteiger partial charge in [-0.05, 0) is 6.42 Å². The number of halogens is 2. The molecule has 21 heavy (non-hydrogen) atoms. The maximum absolute atomic E-state index is 14.0. The molecule has 0 saturated carbocycles. The summed E-state index contributed by atoms with van der Waals surface area (Å²) in [4.78, 5) is 33.0. The van der Waals surface area contributed by atoms with E-state index < -0.39 is 47.5 Å². The molecule has 2 N–H and O–H groups in total. The molecule has 1 saturated heterocycles. The summed E-state index contributed by atoms with van der Waals surface area (Å²) in [7, 11) is 0. The Kier molecular flexibility index (Phi) is 4.15. The molecule has 1 aromatic carbocycles. The monoisotopic (exact) mass is 299 g/mol. The van der Waals surface area contributed by atoms with Crippen molar-refractivity contribution in [3.05, 3.63) is 29.3 Å². The number of benzene rings is 1. The smallest absolute Gasteiger partial charge is 0.341 e. The normalized spacial score (nSPS) is 18.3. The van der Waals surface area contributed by atoms with Crippen LogP contribution in [0.15, 0.2) is 12.1 Å². The number of amides is 2. The number of carboxylic acid groups (broad SMARTS) is 1. The predicted octanol–water partition coefficient (Wildman–Crippen LogP) is 0.948. The minimum atomic E-state index is -1.29. The highest BCUT2D eigenvalue weighted by atomic mass is 19.1. The van der Waals surface area contributed by atoms with Crippen LogP contribution in [0.5, 0.6) is 5.75 Å². The Bertz CT molecular complexity index is 594. The van der Waals surface area contributed by atoms with Gasteiger partial charge in [-0.25, -0.2) is 13.6 Å². The van der Waals surface area contributed by atoms with Gasteiger partial charge in [0.05, 0.1) is 5.92 Å². The van der Waals surface area contributed by atoms with Crippen molar-refractivity contribution in [2.45, 2.75) is 18.8 Å². The highest BCUT2D eigenvalue weighted by Gasteiger charge is 2.32. The number of carbonyl (C=O) groups is 3. The molecular formula is C13H11F2NO5. The maximum atomic E-state index is 14.0. The Morgan fingerprint density at radius 3 is 2.48 bits per heavy atom. The predicted molar refractivity (Wildman–Crippen MR) is 64.6 cm³/mol. The van der Waals surface area contributed by atoms with Crippen molar-refractivity contribution in [2.24, 2.45) is 0 Å². The summed E-state index contributed by atoms with van der Waals surface area (Å²) in [6.45, 7) is -0.739. The van der Waals surface area contributed by atoms with Crippen LogP contribution in [0.25, 0.3) is 0 Å². The van der Waals surface area contributed by atoms with Gasteiger partial charge in [0.15, 0.2) is 6.61 Å². The summed E-state index contributed by atoms with van der Waals surface area (Å²) >= 11 is 0. The number of rotatable bonds is 4. The Morgan fingerprint density at radius 1 is 1.33 bits per heavy atom. The molecule has 0 bridgehead atoms. The number of aliphatic carboxylic acids is 1. The number of piperidine rings is 1. The van der Waals surface area contributed by atoms with Crippen LogP contribution < -0.4 is 10.1 Å². The van der Waals surface area contributed by atoms with Crippen molar-refractivity contribution in [3.63, 3.8) is 0 Å². The van der Waals surface area contributed by atoms with Crippen LogP contribution >= 0.6 is 0 Å². The lowest BCUT2D eigenvalue weighted by atomic mass is 9.89. The molecule has 0 spiro atoms. The van der Waals surface area contributed by atoms with Crippen LogP contribution in [-0.2, 0) is 14.4 Å². The zero-order valence-corrected chi connectivity index (χ0v) is 10.7. The molecular weight excluding hydrogens is 288 g/mol. The first kappa shape index (κ1) is 14.9. The highest BCUT2D eigenvalue weighted by Crippen LogP contribution is 2.31. The van der Waals surface area contributed by atoms with Crippen molar-refractivity contribution in [3.8, 4) is 5.75 Å². The van der Waals surface area contributed by atoms with Crippen molar-refractivity contribution >= 4 is 17.8 Å². The largest absolute Gasteiger partial charge is 0.482 e. The highest BCUT2D eigenvalue weighted by molar-refractivity contribution is 6.01. The van der Waals surface area contributed by atoms with Gasteiger partial charge in [-0.15, -0.1) is 0 Å². The van der Waals surface area contributed by atoms with E-state index in [-0.39, 0.29) is 18.6 Å². The van der Waals surface area contributed by atoms with Crippen LogP contribution in [0.2, 0.25) is 0 Å². The lowest BCUT2D eigenvalue weighted by Crippen LogP contribution is -2.40. The van der Waals surface area contributed by atoms with E-state index in [0.29, 0.717) is 0 Å². The molecule has 0 radical (unpaired) electrons. The van der Waals surface area contributed by atoms with Gasteiger partial charge in [0.25, 0.3) is 0 Å². The summed E-state index contributed by atoms with van der Waals surface area (Å²) < 4.78 is 32.6. The standard InChI is InChI=1S/C13H11F2NO5/c14-8-3-6(21-5-11(18)19)4-9(15)12(8)7-1-2-10(17)16-13(7)20/h3-4,7H,1-2,5H2,(H,18,19)(H,16,17,20). The Morgan fingerprint density at radius 2 is 1.95 bits per heavy atom. The van der Waals surface area contributed by atoms with Gasteiger partial charge in [-0.2, -0.15) is 0 Å².